The van der Waals surface area contributed by atoms with Gasteiger partial charge < -0.3 is 18.9 Å². The predicted octanol–water partition coefficient (Wildman–Crippen LogP) is 4.43. The monoisotopic (exact) mass is 396 g/mol. The zero-order valence-electron chi connectivity index (χ0n) is 17.7. The van der Waals surface area contributed by atoms with Crippen LogP contribution in [0.2, 0.25) is 0 Å². The van der Waals surface area contributed by atoms with Crippen LogP contribution < -0.4 is 4.74 Å². The molecule has 1 fully saturated rings. The smallest absolute Gasteiger partial charge is 0.330 e. The van der Waals surface area contributed by atoms with Gasteiger partial charge in [0, 0.05) is 17.2 Å². The topological polar surface area (TPSA) is 54.0 Å². The fourth-order valence-electron chi connectivity index (χ4n) is 3.46. The minimum Gasteiger partial charge on any atom is -0.496 e. The molecule has 154 valence electrons. The highest BCUT2D eigenvalue weighted by Crippen LogP contribution is 2.42. The highest BCUT2D eigenvalue weighted by atomic mass is 16.7. The van der Waals surface area contributed by atoms with Gasteiger partial charge in [0.05, 0.1) is 27.4 Å². The summed E-state index contributed by atoms with van der Waals surface area (Å²) in [5.74, 6) is -0.504. The predicted molar refractivity (Wildman–Crippen MR) is 112 cm³/mol. The lowest BCUT2D eigenvalue weighted by Gasteiger charge is -2.31. The van der Waals surface area contributed by atoms with Gasteiger partial charge in [-0.15, -0.1) is 0 Å². The standard InChI is InChI=1S/C24H28O5/c1-23(2,3)20-16-19(11-12-21(20)26-4)24(28-14-15-29-24)18-9-6-17(7-10-18)8-13-22(25)27-5/h6-13,16H,14-15H2,1-5H3/b13-8+. The van der Waals surface area contributed by atoms with Crippen molar-refractivity contribution in [2.45, 2.75) is 32.0 Å². The van der Waals surface area contributed by atoms with Crippen LogP contribution in [-0.2, 0) is 30.2 Å². The van der Waals surface area contributed by atoms with Crippen molar-refractivity contribution >= 4 is 12.0 Å². The van der Waals surface area contributed by atoms with Crippen molar-refractivity contribution in [2.24, 2.45) is 0 Å². The summed E-state index contributed by atoms with van der Waals surface area (Å²) in [6, 6.07) is 13.8. The molecule has 1 aliphatic heterocycles. The van der Waals surface area contributed by atoms with E-state index in [-0.39, 0.29) is 11.4 Å². The van der Waals surface area contributed by atoms with Gasteiger partial charge in [0.25, 0.3) is 0 Å². The summed E-state index contributed by atoms with van der Waals surface area (Å²) in [6.07, 6.45) is 3.11. The Morgan fingerprint density at radius 3 is 2.17 bits per heavy atom. The summed E-state index contributed by atoms with van der Waals surface area (Å²) in [4.78, 5) is 11.3. The Hall–Kier alpha value is -2.63. The molecule has 0 N–H and O–H groups in total. The van der Waals surface area contributed by atoms with Crippen molar-refractivity contribution in [3.05, 3.63) is 70.8 Å². The van der Waals surface area contributed by atoms with Crippen LogP contribution in [0.1, 0.15) is 43.0 Å². The minimum atomic E-state index is -0.961. The van der Waals surface area contributed by atoms with Crippen LogP contribution in [0.15, 0.2) is 48.5 Å². The van der Waals surface area contributed by atoms with E-state index in [9.17, 15) is 4.79 Å². The molecule has 5 nitrogen and oxygen atoms in total. The van der Waals surface area contributed by atoms with Crippen LogP contribution in [0.5, 0.6) is 5.75 Å². The van der Waals surface area contributed by atoms with E-state index in [0.717, 1.165) is 28.0 Å². The van der Waals surface area contributed by atoms with Gasteiger partial charge in [0.2, 0.25) is 5.79 Å². The third-order valence-electron chi connectivity index (χ3n) is 4.99. The van der Waals surface area contributed by atoms with Crippen molar-refractivity contribution in [1.29, 1.82) is 0 Å². The Bertz CT molecular complexity index is 884. The summed E-state index contributed by atoms with van der Waals surface area (Å²) < 4.78 is 22.5. The molecule has 5 heteroatoms. The lowest BCUT2D eigenvalue weighted by atomic mass is 9.83. The first-order chi connectivity index (χ1) is 13.8. The zero-order chi connectivity index (χ0) is 21.1. The second-order valence-electron chi connectivity index (χ2n) is 7.96. The molecule has 0 unspecified atom stereocenters. The van der Waals surface area contributed by atoms with Crippen molar-refractivity contribution in [3.8, 4) is 5.75 Å². The number of carbonyl (C=O) groups is 1. The summed E-state index contributed by atoms with van der Waals surface area (Å²) in [6.45, 7) is 7.49. The maximum Gasteiger partial charge on any atom is 0.330 e. The van der Waals surface area contributed by atoms with Gasteiger partial charge in [-0.1, -0.05) is 45.0 Å². The summed E-state index contributed by atoms with van der Waals surface area (Å²) in [5.41, 5.74) is 3.71. The first-order valence-corrected chi connectivity index (χ1v) is 9.63. The molecule has 0 atom stereocenters. The van der Waals surface area contributed by atoms with Crippen LogP contribution in [0.25, 0.3) is 6.08 Å². The van der Waals surface area contributed by atoms with E-state index >= 15 is 0 Å². The maximum absolute atomic E-state index is 11.3. The van der Waals surface area contributed by atoms with Gasteiger partial charge in [-0.05, 0) is 40.8 Å². The second kappa shape index (κ2) is 8.39. The molecule has 0 radical (unpaired) electrons. The Morgan fingerprint density at radius 1 is 1.00 bits per heavy atom. The highest BCUT2D eigenvalue weighted by Gasteiger charge is 2.41. The van der Waals surface area contributed by atoms with E-state index in [0.29, 0.717) is 13.2 Å². The van der Waals surface area contributed by atoms with E-state index in [1.54, 1.807) is 13.2 Å². The molecule has 0 amide bonds. The van der Waals surface area contributed by atoms with E-state index in [2.05, 4.69) is 31.6 Å². The molecule has 0 aromatic heterocycles. The van der Waals surface area contributed by atoms with Crippen molar-refractivity contribution in [3.63, 3.8) is 0 Å². The number of hydrogen-bond acceptors (Lipinski definition) is 5. The quantitative estimate of drug-likeness (QED) is 0.553. The molecule has 1 heterocycles. The number of methoxy groups -OCH3 is 2. The van der Waals surface area contributed by atoms with E-state index in [1.165, 1.54) is 13.2 Å². The fourth-order valence-corrected chi connectivity index (χ4v) is 3.46. The summed E-state index contributed by atoms with van der Waals surface area (Å²) in [5, 5.41) is 0. The SMILES string of the molecule is COC(=O)/C=C/c1ccc(C2(c3ccc(OC)c(C(C)(C)C)c3)OCCO2)cc1. The van der Waals surface area contributed by atoms with Crippen molar-refractivity contribution in [2.75, 3.05) is 27.4 Å². The number of ether oxygens (including phenoxy) is 4. The molecule has 29 heavy (non-hydrogen) atoms. The van der Waals surface area contributed by atoms with Crippen LogP contribution in [-0.4, -0.2) is 33.4 Å². The summed E-state index contributed by atoms with van der Waals surface area (Å²) in [7, 11) is 3.04. The number of rotatable bonds is 5. The zero-order valence-corrected chi connectivity index (χ0v) is 17.7. The molecule has 0 saturated carbocycles. The first-order valence-electron chi connectivity index (χ1n) is 9.63. The van der Waals surface area contributed by atoms with Crippen molar-refractivity contribution < 1.29 is 23.7 Å². The van der Waals surface area contributed by atoms with Gasteiger partial charge in [-0.3, -0.25) is 0 Å². The van der Waals surface area contributed by atoms with Gasteiger partial charge in [-0.25, -0.2) is 4.79 Å². The largest absolute Gasteiger partial charge is 0.496 e. The highest BCUT2D eigenvalue weighted by molar-refractivity contribution is 5.86. The third kappa shape index (κ3) is 4.36. The van der Waals surface area contributed by atoms with E-state index in [4.69, 9.17) is 14.2 Å². The van der Waals surface area contributed by atoms with E-state index in [1.807, 2.05) is 36.4 Å². The molecule has 0 aliphatic carbocycles. The van der Waals surface area contributed by atoms with Crippen LogP contribution in [0.3, 0.4) is 0 Å². The molecule has 2 aromatic carbocycles. The molecule has 1 aliphatic rings. The lowest BCUT2D eigenvalue weighted by Crippen LogP contribution is -2.29. The van der Waals surface area contributed by atoms with E-state index < -0.39 is 5.79 Å². The van der Waals surface area contributed by atoms with Gasteiger partial charge >= 0.3 is 5.97 Å². The average molecular weight is 396 g/mol. The molecular weight excluding hydrogens is 368 g/mol. The molecular formula is C24H28O5. The Kier molecular flexibility index (Phi) is 6.10. The molecule has 1 saturated heterocycles. The molecule has 0 spiro atoms. The third-order valence-corrected chi connectivity index (χ3v) is 4.99. The van der Waals surface area contributed by atoms with Gasteiger partial charge in [0.15, 0.2) is 0 Å². The van der Waals surface area contributed by atoms with Crippen LogP contribution >= 0.6 is 0 Å². The minimum absolute atomic E-state index is 0.0936. The Balaban J connectivity index is 2.01. The number of benzene rings is 2. The van der Waals surface area contributed by atoms with Gasteiger partial charge in [0.1, 0.15) is 5.75 Å². The average Bonchev–Trinajstić information content (AvgIpc) is 3.22. The Morgan fingerprint density at radius 2 is 1.62 bits per heavy atom. The lowest BCUT2D eigenvalue weighted by molar-refractivity contribution is -0.134. The molecule has 2 aromatic rings. The normalized spacial score (nSPS) is 16.2. The first kappa shape index (κ1) is 21.1. The Labute approximate surface area is 172 Å². The van der Waals surface area contributed by atoms with Crippen LogP contribution in [0, 0.1) is 0 Å². The number of hydrogen-bond donors (Lipinski definition) is 0. The summed E-state index contributed by atoms with van der Waals surface area (Å²) >= 11 is 0. The van der Waals surface area contributed by atoms with Gasteiger partial charge in [-0.2, -0.15) is 0 Å². The van der Waals surface area contributed by atoms with Crippen molar-refractivity contribution in [1.82, 2.24) is 0 Å². The number of esters is 1. The number of carbonyl (C=O) groups excluding carboxylic acids is 1. The molecule has 3 rings (SSSR count). The molecule has 0 bridgehead atoms. The van der Waals surface area contributed by atoms with Crippen LogP contribution in [0.4, 0.5) is 0 Å². The second-order valence-corrected chi connectivity index (χ2v) is 7.96. The fraction of sp³-hybridized carbons (Fsp3) is 0.375. The maximum atomic E-state index is 11.3.